The number of alkyl halides is 3. The lowest BCUT2D eigenvalue weighted by Crippen LogP contribution is -2.26. The SMILES string of the molecule is CCN(CC)c1c(C=O)cccc1OC(F)(F)F. The van der Waals surface area contributed by atoms with Gasteiger partial charge < -0.3 is 9.64 Å². The second-order valence-corrected chi connectivity index (χ2v) is 3.53. The molecule has 1 aromatic carbocycles. The van der Waals surface area contributed by atoms with Gasteiger partial charge in [0.05, 0.1) is 5.69 Å². The van der Waals surface area contributed by atoms with Gasteiger partial charge in [-0.15, -0.1) is 13.2 Å². The lowest BCUT2D eigenvalue weighted by Gasteiger charge is -2.25. The van der Waals surface area contributed by atoms with E-state index in [1.54, 1.807) is 18.7 Å². The number of nitrogens with zero attached hydrogens (tertiary/aromatic N) is 1. The summed E-state index contributed by atoms with van der Waals surface area (Å²) in [7, 11) is 0. The molecule has 1 rings (SSSR count). The molecule has 100 valence electrons. The average Bonchev–Trinajstić information content (AvgIpc) is 2.30. The van der Waals surface area contributed by atoms with Gasteiger partial charge >= 0.3 is 6.36 Å². The fourth-order valence-corrected chi connectivity index (χ4v) is 1.72. The third kappa shape index (κ3) is 3.38. The molecule has 0 bridgehead atoms. The molecule has 0 N–H and O–H groups in total. The Morgan fingerprint density at radius 3 is 2.33 bits per heavy atom. The summed E-state index contributed by atoms with van der Waals surface area (Å²) in [5.41, 5.74) is 0.357. The second kappa shape index (κ2) is 5.75. The van der Waals surface area contributed by atoms with Crippen molar-refractivity contribution in [3.8, 4) is 5.75 Å². The smallest absolute Gasteiger partial charge is 0.404 e. The Hall–Kier alpha value is -1.72. The Morgan fingerprint density at radius 1 is 1.28 bits per heavy atom. The fourth-order valence-electron chi connectivity index (χ4n) is 1.72. The highest BCUT2D eigenvalue weighted by atomic mass is 19.4. The number of halogens is 3. The first-order chi connectivity index (χ1) is 8.42. The molecule has 0 heterocycles. The van der Waals surface area contributed by atoms with Crippen molar-refractivity contribution in [3.05, 3.63) is 23.8 Å². The van der Waals surface area contributed by atoms with Crippen LogP contribution < -0.4 is 9.64 Å². The highest BCUT2D eigenvalue weighted by molar-refractivity contribution is 5.87. The highest BCUT2D eigenvalue weighted by Crippen LogP contribution is 2.35. The molecule has 0 unspecified atom stereocenters. The number of carbonyl (C=O) groups is 1. The molecular weight excluding hydrogens is 247 g/mol. The molecule has 3 nitrogen and oxygen atoms in total. The van der Waals surface area contributed by atoms with Gasteiger partial charge in [0.25, 0.3) is 0 Å². The first kappa shape index (κ1) is 14.3. The van der Waals surface area contributed by atoms with Crippen LogP contribution in [0, 0.1) is 0 Å². The first-order valence-corrected chi connectivity index (χ1v) is 5.51. The van der Waals surface area contributed by atoms with Crippen LogP contribution in [0.5, 0.6) is 5.75 Å². The van der Waals surface area contributed by atoms with Gasteiger partial charge in [-0.2, -0.15) is 0 Å². The number of hydrogen-bond donors (Lipinski definition) is 0. The number of para-hydroxylation sites is 1. The molecule has 0 atom stereocenters. The number of ether oxygens (including phenoxy) is 1. The average molecular weight is 261 g/mol. The summed E-state index contributed by atoms with van der Waals surface area (Å²) in [6.07, 6.45) is -4.25. The monoisotopic (exact) mass is 261 g/mol. The first-order valence-electron chi connectivity index (χ1n) is 5.51. The van der Waals surface area contributed by atoms with E-state index in [-0.39, 0.29) is 17.0 Å². The van der Waals surface area contributed by atoms with Crippen LogP contribution in [0.15, 0.2) is 18.2 Å². The van der Waals surface area contributed by atoms with E-state index in [2.05, 4.69) is 4.74 Å². The Kier molecular flexibility index (Phi) is 4.58. The summed E-state index contributed by atoms with van der Waals surface area (Å²) in [5.74, 6) is -0.351. The van der Waals surface area contributed by atoms with Gasteiger partial charge in [0, 0.05) is 18.7 Å². The Labute approximate surface area is 103 Å². The zero-order valence-corrected chi connectivity index (χ0v) is 10.1. The van der Waals surface area contributed by atoms with Crippen molar-refractivity contribution < 1.29 is 22.7 Å². The van der Waals surface area contributed by atoms with E-state index in [1.807, 2.05) is 0 Å². The molecule has 0 aliphatic heterocycles. The lowest BCUT2D eigenvalue weighted by atomic mass is 10.1. The van der Waals surface area contributed by atoms with Crippen LogP contribution in [-0.2, 0) is 0 Å². The standard InChI is InChI=1S/C12H14F3NO2/c1-3-16(4-2)11-9(8-17)6-5-7-10(11)18-12(13,14)15/h5-8H,3-4H2,1-2H3. The molecule has 0 amide bonds. The van der Waals surface area contributed by atoms with Crippen molar-refractivity contribution in [2.24, 2.45) is 0 Å². The summed E-state index contributed by atoms with van der Waals surface area (Å²) in [6, 6.07) is 4.02. The van der Waals surface area contributed by atoms with Gasteiger partial charge in [-0.3, -0.25) is 4.79 Å². The molecule has 0 aromatic heterocycles. The molecule has 0 saturated carbocycles. The maximum absolute atomic E-state index is 12.3. The van der Waals surface area contributed by atoms with Crippen LogP contribution in [0.3, 0.4) is 0 Å². The maximum atomic E-state index is 12.3. The number of aldehydes is 1. The van der Waals surface area contributed by atoms with Gasteiger partial charge in [0.1, 0.15) is 0 Å². The van der Waals surface area contributed by atoms with Crippen molar-refractivity contribution in [2.45, 2.75) is 20.2 Å². The minimum atomic E-state index is -4.77. The summed E-state index contributed by atoms with van der Waals surface area (Å²) in [4.78, 5) is 12.6. The largest absolute Gasteiger partial charge is 0.573 e. The van der Waals surface area contributed by atoms with Crippen LogP contribution in [0.25, 0.3) is 0 Å². The van der Waals surface area contributed by atoms with E-state index < -0.39 is 6.36 Å². The lowest BCUT2D eigenvalue weighted by molar-refractivity contribution is -0.274. The van der Waals surface area contributed by atoms with Crippen molar-refractivity contribution in [1.29, 1.82) is 0 Å². The summed E-state index contributed by atoms with van der Waals surface area (Å²) < 4.78 is 40.9. The molecule has 0 saturated heterocycles. The van der Waals surface area contributed by atoms with E-state index in [0.717, 1.165) is 0 Å². The van der Waals surface area contributed by atoms with Crippen LogP contribution in [0.2, 0.25) is 0 Å². The van der Waals surface area contributed by atoms with Crippen molar-refractivity contribution in [2.75, 3.05) is 18.0 Å². The van der Waals surface area contributed by atoms with Gasteiger partial charge in [-0.05, 0) is 26.0 Å². The van der Waals surface area contributed by atoms with E-state index in [9.17, 15) is 18.0 Å². The molecule has 0 spiro atoms. The van der Waals surface area contributed by atoms with Crippen molar-refractivity contribution >= 4 is 12.0 Å². The molecule has 0 radical (unpaired) electrons. The predicted molar refractivity (Wildman–Crippen MR) is 62.1 cm³/mol. The third-order valence-electron chi connectivity index (χ3n) is 2.46. The number of anilines is 1. The molecule has 18 heavy (non-hydrogen) atoms. The summed E-state index contributed by atoms with van der Waals surface area (Å²) >= 11 is 0. The Bertz CT molecular complexity index is 414. The number of benzene rings is 1. The zero-order valence-electron chi connectivity index (χ0n) is 10.1. The van der Waals surface area contributed by atoms with Gasteiger partial charge in [-0.1, -0.05) is 6.07 Å². The minimum Gasteiger partial charge on any atom is -0.404 e. The molecule has 6 heteroatoms. The molecular formula is C12H14F3NO2. The predicted octanol–water partition coefficient (Wildman–Crippen LogP) is 3.24. The quantitative estimate of drug-likeness (QED) is 0.762. The van der Waals surface area contributed by atoms with E-state index in [1.165, 1.54) is 18.2 Å². The van der Waals surface area contributed by atoms with Crippen LogP contribution >= 0.6 is 0 Å². The topological polar surface area (TPSA) is 29.5 Å². The molecule has 1 aromatic rings. The Morgan fingerprint density at radius 2 is 1.89 bits per heavy atom. The highest BCUT2D eigenvalue weighted by Gasteiger charge is 2.33. The van der Waals surface area contributed by atoms with E-state index in [0.29, 0.717) is 19.4 Å². The summed E-state index contributed by atoms with van der Waals surface area (Å²) in [5, 5.41) is 0. The minimum absolute atomic E-state index is 0.176. The number of hydrogen-bond acceptors (Lipinski definition) is 3. The molecule has 0 aliphatic rings. The van der Waals surface area contributed by atoms with Crippen LogP contribution in [-0.4, -0.2) is 25.7 Å². The summed E-state index contributed by atoms with van der Waals surface area (Å²) in [6.45, 7) is 4.55. The fraction of sp³-hybridized carbons (Fsp3) is 0.417. The third-order valence-corrected chi connectivity index (χ3v) is 2.46. The van der Waals surface area contributed by atoms with E-state index >= 15 is 0 Å². The Balaban J connectivity index is 3.28. The maximum Gasteiger partial charge on any atom is 0.573 e. The normalized spacial score (nSPS) is 11.2. The molecule has 0 aliphatic carbocycles. The van der Waals surface area contributed by atoms with Crippen LogP contribution in [0.1, 0.15) is 24.2 Å². The molecule has 0 fully saturated rings. The van der Waals surface area contributed by atoms with Crippen LogP contribution in [0.4, 0.5) is 18.9 Å². The van der Waals surface area contributed by atoms with Crippen molar-refractivity contribution in [3.63, 3.8) is 0 Å². The number of carbonyl (C=O) groups excluding carboxylic acids is 1. The van der Waals surface area contributed by atoms with Gasteiger partial charge in [-0.25, -0.2) is 0 Å². The van der Waals surface area contributed by atoms with E-state index in [4.69, 9.17) is 0 Å². The van der Waals surface area contributed by atoms with Gasteiger partial charge in [0.15, 0.2) is 12.0 Å². The van der Waals surface area contributed by atoms with Crippen molar-refractivity contribution in [1.82, 2.24) is 0 Å². The second-order valence-electron chi connectivity index (χ2n) is 3.53. The zero-order chi connectivity index (χ0) is 13.8. The van der Waals surface area contributed by atoms with Gasteiger partial charge in [0.2, 0.25) is 0 Å². The number of rotatable bonds is 5.